The van der Waals surface area contributed by atoms with Crippen LogP contribution in [0, 0.1) is 0 Å². The lowest BCUT2D eigenvalue weighted by atomic mass is 10.1. The highest BCUT2D eigenvalue weighted by molar-refractivity contribution is 5.87. The van der Waals surface area contributed by atoms with E-state index in [0.717, 1.165) is 22.5 Å². The summed E-state index contributed by atoms with van der Waals surface area (Å²) >= 11 is 0. The summed E-state index contributed by atoms with van der Waals surface area (Å²) in [4.78, 5) is 20.4. The maximum atomic E-state index is 10.2. The van der Waals surface area contributed by atoms with E-state index in [1.807, 2.05) is 48.5 Å². The molecule has 0 aliphatic carbocycles. The molecule has 4 rings (SSSR count). The molecule has 0 unspecified atom stereocenters. The van der Waals surface area contributed by atoms with E-state index < -0.39 is 11.9 Å². The number of carbonyl (C=O) groups is 2. The van der Waals surface area contributed by atoms with E-state index in [4.69, 9.17) is 21.7 Å². The van der Waals surface area contributed by atoms with Gasteiger partial charge < -0.3 is 21.7 Å². The number of carboxylic acid groups (broad SMARTS) is 2. The van der Waals surface area contributed by atoms with Crippen molar-refractivity contribution in [3.63, 3.8) is 0 Å². The summed E-state index contributed by atoms with van der Waals surface area (Å²) in [6.07, 6.45) is 0. The molecule has 6 N–H and O–H groups in total. The lowest BCUT2D eigenvalue weighted by molar-refractivity contribution is 0.0686. The van der Waals surface area contributed by atoms with Crippen LogP contribution in [0.1, 0.15) is 20.7 Å². The van der Waals surface area contributed by atoms with Gasteiger partial charge in [-0.1, -0.05) is 60.7 Å². The van der Waals surface area contributed by atoms with Gasteiger partial charge in [-0.05, 0) is 59.7 Å². The number of nitrogens with two attached hydrogens (primary N) is 2. The summed E-state index contributed by atoms with van der Waals surface area (Å²) in [6.45, 7) is 0. The molecule has 0 saturated carbocycles. The van der Waals surface area contributed by atoms with Crippen molar-refractivity contribution in [3.05, 3.63) is 120 Å². The molecule has 0 spiro atoms. The van der Waals surface area contributed by atoms with Crippen molar-refractivity contribution < 1.29 is 19.8 Å². The van der Waals surface area contributed by atoms with Gasteiger partial charge in [-0.3, -0.25) is 0 Å². The van der Waals surface area contributed by atoms with Crippen molar-refractivity contribution in [2.75, 3.05) is 11.5 Å². The lowest BCUT2D eigenvalue weighted by Crippen LogP contribution is -1.93. The maximum Gasteiger partial charge on any atom is 0.335 e. The third kappa shape index (κ3) is 8.04. The summed E-state index contributed by atoms with van der Waals surface area (Å²) < 4.78 is 0. The van der Waals surface area contributed by atoms with Crippen molar-refractivity contribution in [3.8, 4) is 11.1 Å². The molecule has 32 heavy (non-hydrogen) atoms. The summed E-state index contributed by atoms with van der Waals surface area (Å²) in [7, 11) is 0. The number of anilines is 2. The van der Waals surface area contributed by atoms with Crippen LogP contribution in [0.25, 0.3) is 11.1 Å². The first-order valence-electron chi connectivity index (χ1n) is 9.65. The lowest BCUT2D eigenvalue weighted by Gasteiger charge is -2.02. The number of hydrogen-bond acceptors (Lipinski definition) is 4. The molecule has 0 aliphatic rings. The fourth-order valence-electron chi connectivity index (χ4n) is 2.51. The van der Waals surface area contributed by atoms with Crippen molar-refractivity contribution in [1.82, 2.24) is 0 Å². The van der Waals surface area contributed by atoms with Crippen molar-refractivity contribution in [1.29, 1.82) is 0 Å². The highest BCUT2D eigenvalue weighted by Crippen LogP contribution is 2.21. The predicted molar refractivity (Wildman–Crippen MR) is 128 cm³/mol. The molecule has 0 bridgehead atoms. The Morgan fingerprint density at radius 2 is 0.750 bits per heavy atom. The van der Waals surface area contributed by atoms with Gasteiger partial charge in [0.15, 0.2) is 0 Å². The molecule has 162 valence electrons. The largest absolute Gasteiger partial charge is 0.478 e. The molecule has 0 fully saturated rings. The molecule has 6 heteroatoms. The number of nitrogen functional groups attached to an aromatic ring is 2. The van der Waals surface area contributed by atoms with Crippen LogP contribution in [0.2, 0.25) is 0 Å². The maximum absolute atomic E-state index is 10.2. The van der Waals surface area contributed by atoms with Crippen LogP contribution in [0.15, 0.2) is 109 Å². The number of carboxylic acids is 2. The minimum Gasteiger partial charge on any atom is -0.478 e. The van der Waals surface area contributed by atoms with Gasteiger partial charge in [0, 0.05) is 11.4 Å². The molecule has 0 saturated heterocycles. The van der Waals surface area contributed by atoms with Crippen LogP contribution in [0.3, 0.4) is 0 Å². The quantitative estimate of drug-likeness (QED) is 0.329. The normalized spacial score (nSPS) is 9.38. The number of benzene rings is 4. The Kier molecular flexibility index (Phi) is 9.03. The van der Waals surface area contributed by atoms with Crippen LogP contribution >= 0.6 is 0 Å². The summed E-state index contributed by atoms with van der Waals surface area (Å²) in [6, 6.07) is 32.2. The van der Waals surface area contributed by atoms with Gasteiger partial charge in [0.2, 0.25) is 0 Å². The Balaban J connectivity index is 0.000000178. The zero-order chi connectivity index (χ0) is 23.3. The zero-order valence-electron chi connectivity index (χ0n) is 17.3. The average Bonchev–Trinajstić information content (AvgIpc) is 2.82. The standard InChI is InChI=1S/C12H12N2.2C7H6O2/c13-11-5-1-9(2-6-11)10-3-7-12(14)8-4-10;2*8-7(9)6-4-2-1-3-5-6/h1-8H,13-14H2;2*1-5H,(H,8,9). The Labute approximate surface area is 186 Å². The minimum atomic E-state index is -0.879. The van der Waals surface area contributed by atoms with E-state index >= 15 is 0 Å². The molecule has 0 atom stereocenters. The second-order valence-electron chi connectivity index (χ2n) is 6.59. The second-order valence-corrected chi connectivity index (χ2v) is 6.59. The van der Waals surface area contributed by atoms with Crippen molar-refractivity contribution >= 4 is 23.3 Å². The van der Waals surface area contributed by atoms with Gasteiger partial charge in [0.05, 0.1) is 11.1 Å². The van der Waals surface area contributed by atoms with E-state index in [1.54, 1.807) is 60.7 Å². The fraction of sp³-hybridized carbons (Fsp3) is 0. The van der Waals surface area contributed by atoms with Crippen LogP contribution in [0.4, 0.5) is 11.4 Å². The van der Waals surface area contributed by atoms with Gasteiger partial charge in [-0.2, -0.15) is 0 Å². The average molecular weight is 428 g/mol. The number of hydrogen-bond donors (Lipinski definition) is 4. The Bertz CT molecular complexity index is 1020. The summed E-state index contributed by atoms with van der Waals surface area (Å²) in [5.41, 5.74) is 15.7. The SMILES string of the molecule is Nc1ccc(-c2ccc(N)cc2)cc1.O=C(O)c1ccccc1.O=C(O)c1ccccc1. The van der Waals surface area contributed by atoms with E-state index in [9.17, 15) is 9.59 Å². The van der Waals surface area contributed by atoms with Crippen molar-refractivity contribution in [2.24, 2.45) is 0 Å². The molecular formula is C26H24N2O4. The van der Waals surface area contributed by atoms with Crippen LogP contribution in [-0.2, 0) is 0 Å². The minimum absolute atomic E-state index is 0.331. The first-order valence-corrected chi connectivity index (χ1v) is 9.65. The monoisotopic (exact) mass is 428 g/mol. The van der Waals surface area contributed by atoms with Gasteiger partial charge in [0.25, 0.3) is 0 Å². The third-order valence-electron chi connectivity index (χ3n) is 4.20. The van der Waals surface area contributed by atoms with Gasteiger partial charge in [-0.25, -0.2) is 9.59 Å². The first kappa shape index (κ1) is 23.7. The topological polar surface area (TPSA) is 127 Å². The molecule has 4 aromatic carbocycles. The second kappa shape index (κ2) is 12.2. The van der Waals surface area contributed by atoms with Crippen LogP contribution < -0.4 is 11.5 Å². The summed E-state index contributed by atoms with van der Waals surface area (Å²) in [5.74, 6) is -1.76. The molecule has 0 radical (unpaired) electrons. The zero-order valence-corrected chi connectivity index (χ0v) is 17.3. The molecule has 0 heterocycles. The number of aromatic carboxylic acids is 2. The van der Waals surface area contributed by atoms with Gasteiger partial charge >= 0.3 is 11.9 Å². The Hall–Kier alpha value is -4.58. The molecule has 4 aromatic rings. The first-order chi connectivity index (χ1) is 15.4. The van der Waals surface area contributed by atoms with Crippen molar-refractivity contribution in [2.45, 2.75) is 0 Å². The van der Waals surface area contributed by atoms with Crippen LogP contribution in [-0.4, -0.2) is 22.2 Å². The third-order valence-corrected chi connectivity index (χ3v) is 4.20. The number of rotatable bonds is 3. The highest BCUT2D eigenvalue weighted by Gasteiger charge is 1.98. The molecule has 0 amide bonds. The molecular weight excluding hydrogens is 404 g/mol. The van der Waals surface area contributed by atoms with Gasteiger partial charge in [0.1, 0.15) is 0 Å². The van der Waals surface area contributed by atoms with E-state index in [-0.39, 0.29) is 0 Å². The highest BCUT2D eigenvalue weighted by atomic mass is 16.4. The van der Waals surface area contributed by atoms with E-state index in [0.29, 0.717) is 11.1 Å². The predicted octanol–water partition coefficient (Wildman–Crippen LogP) is 5.29. The Morgan fingerprint density at radius 1 is 0.469 bits per heavy atom. The smallest absolute Gasteiger partial charge is 0.335 e. The molecule has 0 aliphatic heterocycles. The molecule has 0 aromatic heterocycles. The van der Waals surface area contributed by atoms with E-state index in [2.05, 4.69) is 0 Å². The Morgan fingerprint density at radius 3 is 0.969 bits per heavy atom. The van der Waals surface area contributed by atoms with E-state index in [1.165, 1.54) is 0 Å². The fourth-order valence-corrected chi connectivity index (χ4v) is 2.51. The summed E-state index contributed by atoms with van der Waals surface area (Å²) in [5, 5.41) is 16.8. The van der Waals surface area contributed by atoms with Gasteiger partial charge in [-0.15, -0.1) is 0 Å². The van der Waals surface area contributed by atoms with Crippen LogP contribution in [0.5, 0.6) is 0 Å². The molecule has 6 nitrogen and oxygen atoms in total.